The van der Waals surface area contributed by atoms with Crippen molar-refractivity contribution in [3.8, 4) is 0 Å². The van der Waals surface area contributed by atoms with Crippen LogP contribution in [-0.2, 0) is 19.6 Å². The summed E-state index contributed by atoms with van der Waals surface area (Å²) >= 11 is 4.75. The number of carbonyl (C=O) groups is 2. The minimum Gasteiger partial charge on any atom is -0.392 e. The predicted molar refractivity (Wildman–Crippen MR) is 73.7 cm³/mol. The number of nitrogens with two attached hydrogens (primary N) is 1. The molecule has 0 spiro atoms. The lowest BCUT2D eigenvalue weighted by molar-refractivity contribution is -0.141. The molecule has 0 aromatic heterocycles. The smallest absolute Gasteiger partial charge is 0.247 e. The van der Waals surface area contributed by atoms with E-state index in [9.17, 15) is 18.0 Å². The first-order valence-electron chi connectivity index (χ1n) is 5.70. The van der Waals surface area contributed by atoms with Gasteiger partial charge in [0.1, 0.15) is 10.8 Å². The van der Waals surface area contributed by atoms with Gasteiger partial charge in [0.05, 0.1) is 11.5 Å². The van der Waals surface area contributed by atoms with Crippen molar-refractivity contribution in [1.29, 1.82) is 0 Å². The molecule has 1 aliphatic rings. The highest BCUT2D eigenvalue weighted by molar-refractivity contribution is 7.92. The lowest BCUT2D eigenvalue weighted by atomic mass is 10.0. The Hall–Kier alpha value is -1.06. The molecule has 0 aromatic carbocycles. The van der Waals surface area contributed by atoms with Crippen molar-refractivity contribution >= 4 is 39.0 Å². The van der Waals surface area contributed by atoms with Gasteiger partial charge in [0.15, 0.2) is 0 Å². The van der Waals surface area contributed by atoms with E-state index < -0.39 is 39.2 Å². The molecule has 9 heteroatoms. The summed E-state index contributed by atoms with van der Waals surface area (Å²) in [7, 11) is -3.96. The summed E-state index contributed by atoms with van der Waals surface area (Å²) in [6, 6.07) is 0. The lowest BCUT2D eigenvalue weighted by Gasteiger charge is -2.40. The van der Waals surface area contributed by atoms with Gasteiger partial charge in [-0.25, -0.2) is 8.42 Å². The van der Waals surface area contributed by atoms with Crippen molar-refractivity contribution < 1.29 is 18.0 Å². The third-order valence-electron chi connectivity index (χ3n) is 3.07. The molecule has 108 valence electrons. The second-order valence-electron chi connectivity index (χ2n) is 4.79. The standard InChI is InChI=1S/C10H17N3O4S2/c1-4-6(8(11)18)19(16,17)13-5-7(14)12-9(15)10(13,2)3/h6H,4-5H2,1-3H3,(H2,11,18)(H,12,14,15). The summed E-state index contributed by atoms with van der Waals surface area (Å²) in [5.74, 6) is -1.32. The van der Waals surface area contributed by atoms with Crippen LogP contribution < -0.4 is 11.1 Å². The zero-order chi connectivity index (χ0) is 15.0. The zero-order valence-corrected chi connectivity index (χ0v) is 12.6. The van der Waals surface area contributed by atoms with Gasteiger partial charge < -0.3 is 5.73 Å². The summed E-state index contributed by atoms with van der Waals surface area (Å²) < 4.78 is 25.9. The van der Waals surface area contributed by atoms with Crippen LogP contribution in [-0.4, -0.2) is 46.9 Å². The number of hydrogen-bond donors (Lipinski definition) is 2. The first kappa shape index (κ1) is 16.0. The maximum atomic E-state index is 12.5. The SMILES string of the molecule is CCC(C(N)=S)S(=O)(=O)N1CC(=O)NC(=O)C1(C)C. The van der Waals surface area contributed by atoms with E-state index in [2.05, 4.69) is 5.32 Å². The summed E-state index contributed by atoms with van der Waals surface area (Å²) in [6.07, 6.45) is 0.181. The Bertz CT molecular complexity index is 527. The van der Waals surface area contributed by atoms with Crippen molar-refractivity contribution in [3.05, 3.63) is 0 Å². The molecule has 1 fully saturated rings. The number of rotatable bonds is 4. The molecule has 2 amide bonds. The molecule has 1 aliphatic heterocycles. The highest BCUT2D eigenvalue weighted by Crippen LogP contribution is 2.25. The fourth-order valence-electron chi connectivity index (χ4n) is 1.88. The largest absolute Gasteiger partial charge is 0.392 e. The number of imide groups is 1. The third-order valence-corrected chi connectivity index (χ3v) is 6.01. The van der Waals surface area contributed by atoms with Gasteiger partial charge in [-0.1, -0.05) is 19.1 Å². The average molecular weight is 307 g/mol. The van der Waals surface area contributed by atoms with E-state index in [4.69, 9.17) is 18.0 Å². The summed E-state index contributed by atoms with van der Waals surface area (Å²) in [4.78, 5) is 23.0. The fraction of sp³-hybridized carbons (Fsp3) is 0.700. The number of amides is 2. The van der Waals surface area contributed by atoms with Gasteiger partial charge >= 0.3 is 0 Å². The van der Waals surface area contributed by atoms with Crippen LogP contribution in [0, 0.1) is 0 Å². The van der Waals surface area contributed by atoms with Gasteiger partial charge in [-0.05, 0) is 20.3 Å². The zero-order valence-electron chi connectivity index (χ0n) is 11.0. The van der Waals surface area contributed by atoms with E-state index in [1.54, 1.807) is 6.92 Å². The van der Waals surface area contributed by atoms with E-state index in [0.717, 1.165) is 4.31 Å². The Morgan fingerprint density at radius 3 is 2.47 bits per heavy atom. The molecular formula is C10H17N3O4S2. The topological polar surface area (TPSA) is 110 Å². The first-order chi connectivity index (χ1) is 8.55. The number of piperazine rings is 1. The molecule has 3 N–H and O–H groups in total. The first-order valence-corrected chi connectivity index (χ1v) is 7.61. The number of nitrogens with zero attached hydrogens (tertiary/aromatic N) is 1. The summed E-state index contributed by atoms with van der Waals surface area (Å²) in [5.41, 5.74) is 4.08. The van der Waals surface area contributed by atoms with Crippen molar-refractivity contribution in [2.24, 2.45) is 5.73 Å². The van der Waals surface area contributed by atoms with Crippen molar-refractivity contribution in [3.63, 3.8) is 0 Å². The van der Waals surface area contributed by atoms with E-state index in [0.29, 0.717) is 0 Å². The molecular weight excluding hydrogens is 290 g/mol. The van der Waals surface area contributed by atoms with Gasteiger partial charge in [0.25, 0.3) is 0 Å². The molecule has 1 unspecified atom stereocenters. The molecule has 1 atom stereocenters. The van der Waals surface area contributed by atoms with Gasteiger partial charge in [0, 0.05) is 0 Å². The molecule has 1 rings (SSSR count). The minimum atomic E-state index is -3.96. The third kappa shape index (κ3) is 2.77. The monoisotopic (exact) mass is 307 g/mol. The van der Waals surface area contributed by atoms with Crippen LogP contribution in [0.1, 0.15) is 27.2 Å². The van der Waals surface area contributed by atoms with Crippen LogP contribution in [0.5, 0.6) is 0 Å². The van der Waals surface area contributed by atoms with Crippen LogP contribution in [0.4, 0.5) is 0 Å². The average Bonchev–Trinajstić information content (AvgIpc) is 2.23. The van der Waals surface area contributed by atoms with Crippen LogP contribution in [0.25, 0.3) is 0 Å². The van der Waals surface area contributed by atoms with Crippen LogP contribution >= 0.6 is 12.2 Å². The predicted octanol–water partition coefficient (Wildman–Crippen LogP) is -0.882. The van der Waals surface area contributed by atoms with E-state index >= 15 is 0 Å². The normalized spacial score (nSPS) is 21.8. The Kier molecular flexibility index (Phi) is 4.33. The van der Waals surface area contributed by atoms with Crippen molar-refractivity contribution in [1.82, 2.24) is 9.62 Å². The van der Waals surface area contributed by atoms with Gasteiger partial charge in [-0.15, -0.1) is 0 Å². The number of sulfonamides is 1. The van der Waals surface area contributed by atoms with Gasteiger partial charge in [-0.3, -0.25) is 14.9 Å². The Morgan fingerprint density at radius 1 is 1.53 bits per heavy atom. The van der Waals surface area contributed by atoms with Gasteiger partial charge in [-0.2, -0.15) is 4.31 Å². The molecule has 0 aromatic rings. The summed E-state index contributed by atoms with van der Waals surface area (Å²) in [6.45, 7) is 4.07. The van der Waals surface area contributed by atoms with Crippen molar-refractivity contribution in [2.75, 3.05) is 6.54 Å². The quantitative estimate of drug-likeness (QED) is 0.515. The number of carbonyl (C=O) groups excluding carboxylic acids is 2. The molecule has 7 nitrogen and oxygen atoms in total. The van der Waals surface area contributed by atoms with Crippen LogP contribution in [0.2, 0.25) is 0 Å². The minimum absolute atomic E-state index is 0.170. The molecule has 19 heavy (non-hydrogen) atoms. The Morgan fingerprint density at radius 2 is 2.05 bits per heavy atom. The maximum Gasteiger partial charge on any atom is 0.247 e. The van der Waals surface area contributed by atoms with Crippen molar-refractivity contribution in [2.45, 2.75) is 38.0 Å². The van der Waals surface area contributed by atoms with Gasteiger partial charge in [0.2, 0.25) is 21.8 Å². The Labute approximate surface area is 117 Å². The second-order valence-corrected chi connectivity index (χ2v) is 7.30. The maximum absolute atomic E-state index is 12.5. The highest BCUT2D eigenvalue weighted by atomic mass is 32.2. The molecule has 0 saturated carbocycles. The second kappa shape index (κ2) is 5.14. The lowest BCUT2D eigenvalue weighted by Crippen LogP contribution is -2.67. The highest BCUT2D eigenvalue weighted by Gasteiger charge is 2.49. The van der Waals surface area contributed by atoms with Crippen LogP contribution in [0.15, 0.2) is 0 Å². The summed E-state index contributed by atoms with van der Waals surface area (Å²) in [5, 5.41) is 1.03. The number of nitrogens with one attached hydrogen (secondary N) is 1. The molecule has 0 bridgehead atoms. The molecule has 1 saturated heterocycles. The Balaban J connectivity index is 3.28. The van der Waals surface area contributed by atoms with E-state index in [1.165, 1.54) is 13.8 Å². The number of thiocarbonyl (C=S) groups is 1. The fourth-order valence-corrected chi connectivity index (χ4v) is 4.45. The molecule has 0 radical (unpaired) electrons. The van der Waals surface area contributed by atoms with E-state index in [-0.39, 0.29) is 11.4 Å². The van der Waals surface area contributed by atoms with Crippen LogP contribution in [0.3, 0.4) is 0 Å². The molecule has 0 aliphatic carbocycles. The van der Waals surface area contributed by atoms with E-state index in [1.807, 2.05) is 0 Å². The molecule has 1 heterocycles. The number of hydrogen-bond acceptors (Lipinski definition) is 5.